The fourth-order valence-electron chi connectivity index (χ4n) is 3.06. The van der Waals surface area contributed by atoms with E-state index in [1.165, 1.54) is 4.90 Å². The maximum Gasteiger partial charge on any atom is 0.414 e. The molecule has 25 heavy (non-hydrogen) atoms. The Morgan fingerprint density at radius 3 is 2.16 bits per heavy atom. The highest BCUT2D eigenvalue weighted by molar-refractivity contribution is 9.10. The summed E-state index contributed by atoms with van der Waals surface area (Å²) in [7, 11) is 0. The SMILES string of the molecule is O=C1c2ccccc2C(=O)N1CC1CN(c2ccc(Br)cc2)C(=O)O1. The summed E-state index contributed by atoms with van der Waals surface area (Å²) < 4.78 is 6.25. The summed E-state index contributed by atoms with van der Waals surface area (Å²) in [5.74, 6) is -0.697. The van der Waals surface area contributed by atoms with Crippen molar-refractivity contribution >= 4 is 39.5 Å². The van der Waals surface area contributed by atoms with Crippen LogP contribution in [-0.2, 0) is 4.74 Å². The predicted molar refractivity (Wildman–Crippen MR) is 93.6 cm³/mol. The van der Waals surface area contributed by atoms with E-state index < -0.39 is 12.2 Å². The highest BCUT2D eigenvalue weighted by Crippen LogP contribution is 2.27. The van der Waals surface area contributed by atoms with E-state index in [0.717, 1.165) is 9.37 Å². The van der Waals surface area contributed by atoms with Gasteiger partial charge in [0.25, 0.3) is 11.8 Å². The Balaban J connectivity index is 1.50. The molecule has 6 nitrogen and oxygen atoms in total. The Labute approximate surface area is 152 Å². The van der Waals surface area contributed by atoms with Crippen LogP contribution in [0.15, 0.2) is 53.0 Å². The number of carbonyl (C=O) groups is 3. The Morgan fingerprint density at radius 1 is 0.960 bits per heavy atom. The summed E-state index contributed by atoms with van der Waals surface area (Å²) >= 11 is 3.35. The fraction of sp³-hybridized carbons (Fsp3) is 0.167. The third-order valence-corrected chi connectivity index (χ3v) is 4.81. The van der Waals surface area contributed by atoms with Gasteiger partial charge in [-0.1, -0.05) is 28.1 Å². The second kappa shape index (κ2) is 6.00. The maximum atomic E-state index is 12.4. The van der Waals surface area contributed by atoms with Crippen molar-refractivity contribution in [1.29, 1.82) is 0 Å². The zero-order valence-electron chi connectivity index (χ0n) is 13.0. The van der Waals surface area contributed by atoms with Gasteiger partial charge in [-0.25, -0.2) is 4.79 Å². The van der Waals surface area contributed by atoms with Gasteiger partial charge in [-0.2, -0.15) is 0 Å². The number of nitrogens with zero attached hydrogens (tertiary/aromatic N) is 2. The van der Waals surface area contributed by atoms with Crippen molar-refractivity contribution in [3.63, 3.8) is 0 Å². The highest BCUT2D eigenvalue weighted by Gasteiger charge is 2.40. The molecule has 0 bridgehead atoms. The Hall–Kier alpha value is -2.67. The van der Waals surface area contributed by atoms with Crippen molar-refractivity contribution in [2.75, 3.05) is 18.0 Å². The molecule has 1 unspecified atom stereocenters. The van der Waals surface area contributed by atoms with Crippen molar-refractivity contribution in [2.45, 2.75) is 6.10 Å². The number of rotatable bonds is 3. The van der Waals surface area contributed by atoms with Crippen molar-refractivity contribution in [1.82, 2.24) is 4.90 Å². The number of anilines is 1. The number of halogens is 1. The molecule has 0 aromatic heterocycles. The van der Waals surface area contributed by atoms with Crippen LogP contribution in [0, 0.1) is 0 Å². The number of hydrogen-bond acceptors (Lipinski definition) is 4. The normalized spacial score (nSPS) is 19.4. The molecule has 1 atom stereocenters. The van der Waals surface area contributed by atoms with Crippen LogP contribution in [0.2, 0.25) is 0 Å². The molecule has 0 N–H and O–H groups in total. The molecule has 1 fully saturated rings. The van der Waals surface area contributed by atoms with Gasteiger partial charge in [0.15, 0.2) is 0 Å². The molecule has 3 amide bonds. The van der Waals surface area contributed by atoms with Gasteiger partial charge in [0.05, 0.1) is 24.2 Å². The molecule has 0 spiro atoms. The van der Waals surface area contributed by atoms with Gasteiger partial charge >= 0.3 is 6.09 Å². The van der Waals surface area contributed by atoms with E-state index in [1.807, 2.05) is 12.1 Å². The van der Waals surface area contributed by atoms with E-state index in [1.54, 1.807) is 36.4 Å². The third-order valence-electron chi connectivity index (χ3n) is 4.28. The summed E-state index contributed by atoms with van der Waals surface area (Å²) in [5.41, 5.74) is 1.49. The van der Waals surface area contributed by atoms with E-state index >= 15 is 0 Å². The zero-order chi connectivity index (χ0) is 17.6. The number of ether oxygens (including phenoxy) is 1. The summed E-state index contributed by atoms with van der Waals surface area (Å²) in [6.45, 7) is 0.332. The smallest absolute Gasteiger partial charge is 0.414 e. The zero-order valence-corrected chi connectivity index (χ0v) is 14.6. The van der Waals surface area contributed by atoms with Crippen LogP contribution in [0.1, 0.15) is 20.7 Å². The quantitative estimate of drug-likeness (QED) is 0.742. The van der Waals surface area contributed by atoms with Crippen molar-refractivity contribution in [2.24, 2.45) is 0 Å². The molecule has 2 aromatic carbocycles. The second-order valence-corrected chi connectivity index (χ2v) is 6.77. The van der Waals surface area contributed by atoms with Crippen LogP contribution >= 0.6 is 15.9 Å². The lowest BCUT2D eigenvalue weighted by atomic mass is 10.1. The minimum Gasteiger partial charge on any atom is -0.442 e. The molecule has 4 rings (SSSR count). The molecule has 2 aromatic rings. The number of cyclic esters (lactones) is 1. The average Bonchev–Trinajstić information content (AvgIpc) is 3.09. The molecule has 0 saturated carbocycles. The van der Waals surface area contributed by atoms with Gasteiger partial charge in [0.1, 0.15) is 6.10 Å². The van der Waals surface area contributed by atoms with Crippen LogP contribution in [-0.4, -0.2) is 42.0 Å². The number of carbonyl (C=O) groups excluding carboxylic acids is 3. The first-order valence-electron chi connectivity index (χ1n) is 7.73. The molecule has 126 valence electrons. The van der Waals surface area contributed by atoms with E-state index in [-0.39, 0.29) is 24.9 Å². The fourth-order valence-corrected chi connectivity index (χ4v) is 3.32. The van der Waals surface area contributed by atoms with E-state index in [9.17, 15) is 14.4 Å². The lowest BCUT2D eigenvalue weighted by Gasteiger charge is -2.17. The minimum atomic E-state index is -0.557. The Morgan fingerprint density at radius 2 is 1.56 bits per heavy atom. The standard InChI is InChI=1S/C18H13BrN2O4/c19-11-5-7-12(8-6-11)20-9-13(25-18(20)24)10-21-16(22)14-3-1-2-4-15(14)17(21)23/h1-8,13H,9-10H2. The van der Waals surface area contributed by atoms with Crippen LogP contribution in [0.5, 0.6) is 0 Å². The third kappa shape index (κ3) is 2.70. The Bertz CT molecular complexity index is 846. The summed E-state index contributed by atoms with van der Waals surface area (Å²) in [4.78, 5) is 39.6. The van der Waals surface area contributed by atoms with E-state index in [4.69, 9.17) is 4.74 Å². The van der Waals surface area contributed by atoms with Gasteiger partial charge in [0, 0.05) is 10.2 Å². The second-order valence-electron chi connectivity index (χ2n) is 5.86. The predicted octanol–water partition coefficient (Wildman–Crippen LogP) is 3.07. The Kier molecular flexibility index (Phi) is 3.80. The number of fused-ring (bicyclic) bond motifs is 1. The van der Waals surface area contributed by atoms with Crippen molar-refractivity contribution in [3.05, 3.63) is 64.1 Å². The van der Waals surface area contributed by atoms with Crippen LogP contribution in [0.4, 0.5) is 10.5 Å². The number of hydrogen-bond donors (Lipinski definition) is 0. The van der Waals surface area contributed by atoms with Crippen molar-refractivity contribution < 1.29 is 19.1 Å². The molecule has 2 heterocycles. The molecule has 1 saturated heterocycles. The lowest BCUT2D eigenvalue weighted by molar-refractivity contribution is 0.0558. The first kappa shape index (κ1) is 15.8. The summed E-state index contributed by atoms with van der Waals surface area (Å²) in [5, 5.41) is 0. The number of imide groups is 1. The molecule has 0 aliphatic carbocycles. The molecule has 2 aliphatic rings. The average molecular weight is 401 g/mol. The molecular formula is C18H13BrN2O4. The van der Waals surface area contributed by atoms with Crippen molar-refractivity contribution in [3.8, 4) is 0 Å². The van der Waals surface area contributed by atoms with Crippen LogP contribution < -0.4 is 4.90 Å². The number of amides is 3. The minimum absolute atomic E-state index is 0.0467. The number of benzene rings is 2. The van der Waals surface area contributed by atoms with Gasteiger partial charge in [-0.15, -0.1) is 0 Å². The van der Waals surface area contributed by atoms with Gasteiger partial charge in [0.2, 0.25) is 0 Å². The monoisotopic (exact) mass is 400 g/mol. The van der Waals surface area contributed by atoms with E-state index in [0.29, 0.717) is 16.8 Å². The summed E-state index contributed by atoms with van der Waals surface area (Å²) in [6.07, 6.45) is -1.04. The lowest BCUT2D eigenvalue weighted by Crippen LogP contribution is -2.38. The molecule has 7 heteroatoms. The summed E-state index contributed by atoms with van der Waals surface area (Å²) in [6, 6.07) is 14.0. The van der Waals surface area contributed by atoms with Gasteiger partial charge in [-0.05, 0) is 36.4 Å². The van der Waals surface area contributed by atoms with Gasteiger partial charge < -0.3 is 4.74 Å². The molecule has 2 aliphatic heterocycles. The topological polar surface area (TPSA) is 66.9 Å². The first-order valence-corrected chi connectivity index (χ1v) is 8.53. The maximum absolute atomic E-state index is 12.4. The van der Waals surface area contributed by atoms with Crippen LogP contribution in [0.3, 0.4) is 0 Å². The highest BCUT2D eigenvalue weighted by atomic mass is 79.9. The molecular weight excluding hydrogens is 388 g/mol. The van der Waals surface area contributed by atoms with Gasteiger partial charge in [-0.3, -0.25) is 19.4 Å². The first-order chi connectivity index (χ1) is 12.0. The molecule has 0 radical (unpaired) electrons. The van der Waals surface area contributed by atoms with Crippen LogP contribution in [0.25, 0.3) is 0 Å². The van der Waals surface area contributed by atoms with E-state index in [2.05, 4.69) is 15.9 Å². The largest absolute Gasteiger partial charge is 0.442 e.